The lowest BCUT2D eigenvalue weighted by molar-refractivity contribution is -0.359. The minimum Gasteiger partial charge on any atom is -0.481 e. The summed E-state index contributed by atoms with van der Waals surface area (Å²) >= 11 is 0. The fourth-order valence-electron chi connectivity index (χ4n) is 12.1. The van der Waals surface area contributed by atoms with Crippen LogP contribution in [0.3, 0.4) is 0 Å². The minimum atomic E-state index is -1.86. The average Bonchev–Trinajstić information content (AvgIpc) is 4.02. The first-order valence-corrected chi connectivity index (χ1v) is 23.4. The fraction of sp³-hybridized carbons (Fsp3) is 0.872. The van der Waals surface area contributed by atoms with Gasteiger partial charge in [-0.1, -0.05) is 37.6 Å². The average molecular weight is 877 g/mol. The van der Waals surface area contributed by atoms with Gasteiger partial charge >= 0.3 is 5.97 Å². The molecule has 8 aliphatic rings. The predicted octanol–water partition coefficient (Wildman–Crippen LogP) is 4.77. The van der Waals surface area contributed by atoms with Crippen molar-refractivity contribution in [1.29, 1.82) is 0 Å². The number of carboxylic acid groups (broad SMARTS) is 1. The van der Waals surface area contributed by atoms with Crippen LogP contribution in [-0.4, -0.2) is 139 Å². The van der Waals surface area contributed by atoms with Crippen molar-refractivity contribution in [3.05, 3.63) is 23.8 Å². The van der Waals surface area contributed by atoms with Crippen LogP contribution >= 0.6 is 0 Å². The van der Waals surface area contributed by atoms with Gasteiger partial charge in [0.15, 0.2) is 17.4 Å². The highest BCUT2D eigenvalue weighted by Crippen LogP contribution is 2.55. The molecule has 1 spiro atoms. The Hall–Kier alpha value is -1.86. The van der Waals surface area contributed by atoms with Crippen molar-refractivity contribution in [1.82, 2.24) is 0 Å². The summed E-state index contributed by atoms with van der Waals surface area (Å²) in [4.78, 5) is 25.5. The van der Waals surface area contributed by atoms with E-state index in [1.54, 1.807) is 19.9 Å². The maximum absolute atomic E-state index is 13.9. The highest BCUT2D eigenvalue weighted by molar-refractivity contribution is 5.86. The third-order valence-corrected chi connectivity index (χ3v) is 15.7. The lowest BCUT2D eigenvalue weighted by Crippen LogP contribution is -2.59. The molecule has 350 valence electrons. The number of carbonyl (C=O) groups excluding carboxylic acids is 1. The standard InChI is InChI=1S/C47H72O15/c1-26(10-11-33-30(48)22-37(56-33)47(54)39(50)28(3)14-20-55-47)21-27(2)23-42(5)16-13-36(60-42)46-19-18-43(6,62-46)25-35(59-46)38-31(49)24-44(7,61-38)40(51)34-12-17-45(58-34)15-8-9-32(57-45)29(4)41(52)53/h10-11,21,27-30,32-40,48,50-51,54H,8-9,12-20,22-25H2,1-7H3,(H,52,53)/b11-10+,26-21+. The number of allylic oxidation sites excluding steroid dienone is 3. The number of ketones is 1. The molecule has 8 rings (SSSR count). The van der Waals surface area contributed by atoms with Crippen LogP contribution < -0.4 is 0 Å². The van der Waals surface area contributed by atoms with Gasteiger partial charge in [-0.2, -0.15) is 0 Å². The maximum Gasteiger partial charge on any atom is 0.308 e. The number of aliphatic carboxylic acids is 1. The van der Waals surface area contributed by atoms with E-state index in [1.165, 1.54) is 0 Å². The predicted molar refractivity (Wildman–Crippen MR) is 221 cm³/mol. The van der Waals surface area contributed by atoms with Crippen molar-refractivity contribution in [2.45, 2.75) is 234 Å². The largest absolute Gasteiger partial charge is 0.481 e. The van der Waals surface area contributed by atoms with Gasteiger partial charge in [0, 0.05) is 38.5 Å². The molecule has 0 radical (unpaired) electrons. The highest BCUT2D eigenvalue weighted by Gasteiger charge is 2.64. The normalized spacial score (nSPS) is 50.2. The summed E-state index contributed by atoms with van der Waals surface area (Å²) in [6.45, 7) is 13.9. The third-order valence-electron chi connectivity index (χ3n) is 15.7. The summed E-state index contributed by atoms with van der Waals surface area (Å²) < 4.78 is 51.4. The van der Waals surface area contributed by atoms with E-state index < -0.39 is 101 Å². The molecule has 0 aromatic carbocycles. The smallest absolute Gasteiger partial charge is 0.308 e. The number of rotatable bonds is 12. The first-order chi connectivity index (χ1) is 29.1. The van der Waals surface area contributed by atoms with Gasteiger partial charge in [0.05, 0.1) is 48.1 Å². The topological polar surface area (TPSA) is 209 Å². The molecule has 8 heterocycles. The van der Waals surface area contributed by atoms with Gasteiger partial charge in [-0.05, 0) is 97.8 Å². The van der Waals surface area contributed by atoms with E-state index in [2.05, 4.69) is 26.8 Å². The molecule has 2 bridgehead atoms. The molecule has 19 atom stereocenters. The van der Waals surface area contributed by atoms with Crippen LogP contribution in [0.15, 0.2) is 23.8 Å². The molecule has 0 amide bonds. The van der Waals surface area contributed by atoms with Crippen molar-refractivity contribution in [2.75, 3.05) is 6.61 Å². The molecule has 15 heteroatoms. The molecule has 15 nitrogen and oxygen atoms in total. The lowest BCUT2D eigenvalue weighted by atomic mass is 9.87. The van der Waals surface area contributed by atoms with Crippen LogP contribution in [0, 0.1) is 17.8 Å². The molecule has 0 aliphatic carbocycles. The van der Waals surface area contributed by atoms with Gasteiger partial charge in [0.1, 0.15) is 42.2 Å². The SMILES string of the molecule is CC(/C=C/C1OC(C2(O)OCCC(C)C2O)CC1O)=C\C(C)CC1(C)CCC(C23CCC(C)(CC(C4OC(C)(C(O)C5CCC6(CCCC(C(C)C(=O)O)O6)O5)CC4=O)O2)O3)O1. The lowest BCUT2D eigenvalue weighted by Gasteiger charge is -2.47. The molecule has 0 saturated carbocycles. The van der Waals surface area contributed by atoms with E-state index >= 15 is 0 Å². The summed E-state index contributed by atoms with van der Waals surface area (Å²) in [7, 11) is 0. The number of ether oxygens (including phenoxy) is 8. The molecule has 19 unspecified atom stereocenters. The Balaban J connectivity index is 0.863. The molecule has 8 aliphatic heterocycles. The molecule has 0 aromatic rings. The molecule has 5 N–H and O–H groups in total. The minimum absolute atomic E-state index is 0.00421. The number of Topliss-reactive ketones (excluding diaryl/α,β-unsaturated/α-hetero) is 1. The van der Waals surface area contributed by atoms with Crippen molar-refractivity contribution in [2.24, 2.45) is 17.8 Å². The van der Waals surface area contributed by atoms with Crippen LogP contribution in [0.2, 0.25) is 0 Å². The van der Waals surface area contributed by atoms with Crippen LogP contribution in [-0.2, 0) is 47.5 Å². The molecule has 0 aromatic heterocycles. The van der Waals surface area contributed by atoms with Gasteiger partial charge in [-0.25, -0.2) is 0 Å². The number of aliphatic hydroxyl groups excluding tert-OH is 3. The zero-order valence-electron chi connectivity index (χ0n) is 37.7. The van der Waals surface area contributed by atoms with Crippen molar-refractivity contribution >= 4 is 11.8 Å². The van der Waals surface area contributed by atoms with Gasteiger partial charge in [0.25, 0.3) is 0 Å². The number of aliphatic hydroxyl groups is 4. The Morgan fingerprint density at radius 2 is 1.68 bits per heavy atom. The summed E-state index contributed by atoms with van der Waals surface area (Å²) in [6, 6.07) is 0. The van der Waals surface area contributed by atoms with Crippen LogP contribution in [0.5, 0.6) is 0 Å². The highest BCUT2D eigenvalue weighted by atomic mass is 16.8. The van der Waals surface area contributed by atoms with E-state index in [0.717, 1.165) is 37.7 Å². The number of carboxylic acids is 1. The third kappa shape index (κ3) is 8.89. The van der Waals surface area contributed by atoms with Crippen LogP contribution in [0.4, 0.5) is 0 Å². The van der Waals surface area contributed by atoms with Crippen molar-refractivity contribution < 1.29 is 73.0 Å². The Morgan fingerprint density at radius 1 is 0.919 bits per heavy atom. The van der Waals surface area contributed by atoms with Crippen LogP contribution in [0.25, 0.3) is 0 Å². The number of hydrogen-bond acceptors (Lipinski definition) is 14. The van der Waals surface area contributed by atoms with Gasteiger partial charge < -0.3 is 63.4 Å². The maximum atomic E-state index is 13.9. The Morgan fingerprint density at radius 3 is 2.44 bits per heavy atom. The summed E-state index contributed by atoms with van der Waals surface area (Å²) in [5.41, 5.74) is -1.22. The molecule has 8 fully saturated rings. The summed E-state index contributed by atoms with van der Waals surface area (Å²) in [5.74, 6) is -5.58. The molecular formula is C47H72O15. The van der Waals surface area contributed by atoms with Gasteiger partial charge in [0.2, 0.25) is 5.79 Å². The first-order valence-electron chi connectivity index (χ1n) is 23.4. The molecular weight excluding hydrogens is 805 g/mol. The monoisotopic (exact) mass is 876 g/mol. The second kappa shape index (κ2) is 17.1. The zero-order valence-corrected chi connectivity index (χ0v) is 37.7. The van der Waals surface area contributed by atoms with Crippen molar-refractivity contribution in [3.63, 3.8) is 0 Å². The fourth-order valence-corrected chi connectivity index (χ4v) is 12.1. The molecule has 62 heavy (non-hydrogen) atoms. The number of carbonyl (C=O) groups is 2. The number of fused-ring (bicyclic) bond motifs is 2. The first kappa shape index (κ1) is 46.7. The quantitative estimate of drug-likeness (QED) is 0.167. The summed E-state index contributed by atoms with van der Waals surface area (Å²) in [5, 5.41) is 54.0. The van der Waals surface area contributed by atoms with Crippen molar-refractivity contribution in [3.8, 4) is 0 Å². The second-order valence-electron chi connectivity index (χ2n) is 21.2. The van der Waals surface area contributed by atoms with E-state index in [1.807, 2.05) is 19.9 Å². The van der Waals surface area contributed by atoms with E-state index in [0.29, 0.717) is 51.6 Å². The molecule has 8 saturated heterocycles. The summed E-state index contributed by atoms with van der Waals surface area (Å²) in [6.07, 6.45) is 6.29. The number of hydrogen-bond donors (Lipinski definition) is 5. The van der Waals surface area contributed by atoms with E-state index in [4.69, 9.17) is 37.9 Å². The Bertz CT molecular complexity index is 1740. The van der Waals surface area contributed by atoms with E-state index in [-0.39, 0.29) is 36.6 Å². The Labute approximate surface area is 365 Å². The second-order valence-corrected chi connectivity index (χ2v) is 21.2. The van der Waals surface area contributed by atoms with Crippen LogP contribution in [0.1, 0.15) is 138 Å². The Kier molecular flexibility index (Phi) is 12.9. The van der Waals surface area contributed by atoms with E-state index in [9.17, 15) is 35.1 Å². The zero-order chi connectivity index (χ0) is 44.6. The van der Waals surface area contributed by atoms with Gasteiger partial charge in [-0.15, -0.1) is 0 Å². The van der Waals surface area contributed by atoms with Gasteiger partial charge in [-0.3, -0.25) is 9.59 Å².